The van der Waals surface area contributed by atoms with Crippen molar-refractivity contribution >= 4 is 47.7 Å². The number of aryl methyl sites for hydroxylation is 4. The Bertz CT molecular complexity index is 1600. The molecule has 0 fully saturated rings. The minimum Gasteiger partial charge on any atom is -0.213 e. The Hall–Kier alpha value is -3.03. The zero-order valence-corrected chi connectivity index (χ0v) is 30.9. The Balaban J connectivity index is 0.000000200. The van der Waals surface area contributed by atoms with Gasteiger partial charge in [0.1, 0.15) is 0 Å². The van der Waals surface area contributed by atoms with Crippen molar-refractivity contribution in [1.82, 2.24) is 0 Å². The molecular formula is C42H44CrP2. The molecule has 0 aliphatic rings. The van der Waals surface area contributed by atoms with Crippen molar-refractivity contribution in [2.24, 2.45) is 0 Å². The summed E-state index contributed by atoms with van der Waals surface area (Å²) in [6.07, 6.45) is 0. The van der Waals surface area contributed by atoms with Gasteiger partial charge in [-0.1, -0.05) is 72.8 Å². The molecule has 45 heavy (non-hydrogen) atoms. The van der Waals surface area contributed by atoms with Gasteiger partial charge in [0.15, 0.2) is 0 Å². The summed E-state index contributed by atoms with van der Waals surface area (Å²) in [6, 6.07) is 44.6. The van der Waals surface area contributed by atoms with Crippen LogP contribution in [0.2, 0.25) is 0 Å². The second-order valence-electron chi connectivity index (χ2n) is 11.8. The molecule has 0 aliphatic heterocycles. The molecule has 0 nitrogen and oxygen atoms in total. The number of hydrogen-bond acceptors (Lipinski definition) is 0. The van der Waals surface area contributed by atoms with E-state index < -0.39 is 15.8 Å². The molecule has 0 saturated heterocycles. The van der Waals surface area contributed by atoms with Crippen LogP contribution in [-0.4, -0.2) is 0 Å². The number of hydrogen-bond donors (Lipinski definition) is 0. The van der Waals surface area contributed by atoms with Crippen LogP contribution in [0.15, 0.2) is 121 Å². The van der Waals surface area contributed by atoms with Gasteiger partial charge in [0.2, 0.25) is 0 Å². The summed E-state index contributed by atoms with van der Waals surface area (Å²) in [7, 11) is -0.966. The van der Waals surface area contributed by atoms with Gasteiger partial charge in [-0.25, -0.2) is 24.3 Å². The molecular weight excluding hydrogens is 618 g/mol. The van der Waals surface area contributed by atoms with Crippen LogP contribution >= 0.6 is 15.8 Å². The van der Waals surface area contributed by atoms with Crippen molar-refractivity contribution in [3.05, 3.63) is 166 Å². The van der Waals surface area contributed by atoms with E-state index in [-0.39, 0.29) is 17.4 Å². The van der Waals surface area contributed by atoms with Crippen LogP contribution in [0.25, 0.3) is 0 Å². The van der Waals surface area contributed by atoms with Gasteiger partial charge in [-0.05, 0) is 137 Å². The third-order valence-electron chi connectivity index (χ3n) is 9.07. The summed E-state index contributed by atoms with van der Waals surface area (Å²) in [5.74, 6) is 0. The Kier molecular flexibility index (Phi) is 12.0. The van der Waals surface area contributed by atoms with E-state index in [1.807, 2.05) is 0 Å². The molecule has 6 aromatic rings. The molecule has 3 heteroatoms. The normalized spacial score (nSPS) is 10.9. The van der Waals surface area contributed by atoms with Crippen LogP contribution < -0.4 is 31.8 Å². The monoisotopic (exact) mass is 662 g/mol. The zero-order chi connectivity index (χ0) is 31.4. The van der Waals surface area contributed by atoms with Gasteiger partial charge in [-0.3, -0.25) is 0 Å². The van der Waals surface area contributed by atoms with Crippen molar-refractivity contribution in [1.29, 1.82) is 0 Å². The predicted molar refractivity (Wildman–Crippen MR) is 199 cm³/mol. The van der Waals surface area contributed by atoms with Crippen LogP contribution in [0.4, 0.5) is 0 Å². The first kappa shape index (κ1) is 34.8. The molecule has 0 aliphatic carbocycles. The fraction of sp³-hybridized carbons (Fsp3) is 0.190. The maximum Gasteiger partial charge on any atom is 2.00 e. The summed E-state index contributed by atoms with van der Waals surface area (Å²) in [4.78, 5) is 0. The average Bonchev–Trinajstić information content (AvgIpc) is 3.74. The minimum absolute atomic E-state index is 0. The Morgan fingerprint density at radius 2 is 0.622 bits per heavy atom. The van der Waals surface area contributed by atoms with E-state index in [0.29, 0.717) is 0 Å². The minimum atomic E-state index is -0.483. The standard InChI is InChI=1S/2C21H22P.Cr/c2*1-15-9-7-13-20(17(15)3)22(19-11-5-6-12-19)21-14-8-10-16(2)18(21)4;/h2*5-14H,1-4H3;/q2*-1;+2. The van der Waals surface area contributed by atoms with Crippen LogP contribution in [0.5, 0.6) is 0 Å². The molecule has 0 bridgehead atoms. The van der Waals surface area contributed by atoms with Gasteiger partial charge >= 0.3 is 17.4 Å². The van der Waals surface area contributed by atoms with Crippen molar-refractivity contribution < 1.29 is 17.4 Å². The first-order chi connectivity index (χ1) is 21.2. The molecule has 228 valence electrons. The van der Waals surface area contributed by atoms with Crippen LogP contribution in [-0.2, 0) is 17.4 Å². The van der Waals surface area contributed by atoms with Gasteiger partial charge in [0, 0.05) is 0 Å². The SMILES string of the molecule is Cc1cccc(P(c2ccc[cH-]2)c2cccc(C)c2C)c1C.Cc1cccc(P(c2ccc[cH-]2)c2cccc(C)c2C)c1C.[Cr+2]. The molecule has 0 heterocycles. The van der Waals surface area contributed by atoms with E-state index in [1.165, 1.54) is 76.3 Å². The van der Waals surface area contributed by atoms with Crippen LogP contribution in [0, 0.1) is 55.4 Å². The van der Waals surface area contributed by atoms with E-state index in [1.54, 1.807) is 0 Å². The third kappa shape index (κ3) is 7.52. The van der Waals surface area contributed by atoms with Crippen LogP contribution in [0.3, 0.4) is 0 Å². The molecule has 0 N–H and O–H groups in total. The molecule has 0 spiro atoms. The second kappa shape index (κ2) is 15.5. The third-order valence-corrected chi connectivity index (χ3v) is 14.6. The smallest absolute Gasteiger partial charge is 0.213 e. The van der Waals surface area contributed by atoms with E-state index >= 15 is 0 Å². The van der Waals surface area contributed by atoms with E-state index in [0.717, 1.165) is 0 Å². The van der Waals surface area contributed by atoms with Crippen LogP contribution in [0.1, 0.15) is 44.5 Å². The molecule has 0 aromatic heterocycles. The zero-order valence-electron chi connectivity index (χ0n) is 27.8. The molecule has 0 saturated carbocycles. The molecule has 6 rings (SSSR count). The predicted octanol–water partition coefficient (Wildman–Crippen LogP) is 8.79. The number of rotatable bonds is 6. The molecule has 0 amide bonds. The second-order valence-corrected chi connectivity index (χ2v) is 16.1. The quantitative estimate of drug-likeness (QED) is 0.124. The first-order valence-electron chi connectivity index (χ1n) is 15.5. The summed E-state index contributed by atoms with van der Waals surface area (Å²) >= 11 is 0. The summed E-state index contributed by atoms with van der Waals surface area (Å²) in [5.41, 5.74) is 11.2. The molecule has 0 unspecified atom stereocenters. The maximum atomic E-state index is 2.31. The molecule has 6 aromatic carbocycles. The fourth-order valence-corrected chi connectivity index (χ4v) is 11.3. The molecule has 0 radical (unpaired) electrons. The van der Waals surface area contributed by atoms with E-state index in [2.05, 4.69) is 177 Å². The van der Waals surface area contributed by atoms with E-state index in [9.17, 15) is 0 Å². The Morgan fingerprint density at radius 3 is 0.844 bits per heavy atom. The summed E-state index contributed by atoms with van der Waals surface area (Å²) < 4.78 is 0. The van der Waals surface area contributed by atoms with Gasteiger partial charge in [-0.2, -0.15) is 24.3 Å². The largest absolute Gasteiger partial charge is 2.00 e. The van der Waals surface area contributed by atoms with Gasteiger partial charge in [0.05, 0.1) is 0 Å². The number of benzene rings is 4. The van der Waals surface area contributed by atoms with E-state index in [4.69, 9.17) is 0 Å². The first-order valence-corrected chi connectivity index (χ1v) is 18.2. The van der Waals surface area contributed by atoms with Gasteiger partial charge < -0.3 is 0 Å². The van der Waals surface area contributed by atoms with Crippen molar-refractivity contribution in [2.45, 2.75) is 55.4 Å². The van der Waals surface area contributed by atoms with Gasteiger partial charge in [-0.15, -0.1) is 10.6 Å². The summed E-state index contributed by atoms with van der Waals surface area (Å²) in [6.45, 7) is 17.9. The van der Waals surface area contributed by atoms with Gasteiger partial charge in [0.25, 0.3) is 0 Å². The molecule has 0 atom stereocenters. The Labute approximate surface area is 284 Å². The topological polar surface area (TPSA) is 0 Å². The average molecular weight is 663 g/mol. The fourth-order valence-electron chi connectivity index (χ4n) is 5.75. The van der Waals surface area contributed by atoms with Crippen molar-refractivity contribution in [3.8, 4) is 0 Å². The maximum absolute atomic E-state index is 2.31. The summed E-state index contributed by atoms with van der Waals surface area (Å²) in [5, 5.41) is 8.81. The van der Waals surface area contributed by atoms with Crippen molar-refractivity contribution in [2.75, 3.05) is 0 Å². The van der Waals surface area contributed by atoms with Crippen molar-refractivity contribution in [3.63, 3.8) is 0 Å². The Morgan fingerprint density at radius 1 is 0.356 bits per heavy atom.